The Labute approximate surface area is 246 Å². The van der Waals surface area contributed by atoms with Crippen LogP contribution < -0.4 is 4.74 Å². The first-order chi connectivity index (χ1) is 20.7. The standard InChI is InChI=1S/C29H36N4O10/c1-42-31-20-14-22(33-26(28(39)40)25(27(37)38)30-32-33)29(41)24-18(20)12-15(6-2-4-10-34)17(7-3-5-11-35)23(24)19-13-16(36)8-9-21(19)43-29/h8-9,12-13,15,17,22-24,34-36,41H,2-7,10-11,14H2,1H3,(H,37,38)(H,39,40). The van der Waals surface area contributed by atoms with Crippen molar-refractivity contribution < 1.29 is 49.8 Å². The lowest BCUT2D eigenvalue weighted by molar-refractivity contribution is -0.225. The van der Waals surface area contributed by atoms with E-state index in [1.54, 1.807) is 12.1 Å². The van der Waals surface area contributed by atoms with Crippen LogP contribution in [0.2, 0.25) is 0 Å². The van der Waals surface area contributed by atoms with Crippen molar-refractivity contribution in [3.8, 4) is 11.5 Å². The van der Waals surface area contributed by atoms with Crippen molar-refractivity contribution in [2.75, 3.05) is 20.3 Å². The van der Waals surface area contributed by atoms with E-state index in [1.165, 1.54) is 13.2 Å². The Morgan fingerprint density at radius 2 is 1.84 bits per heavy atom. The summed E-state index contributed by atoms with van der Waals surface area (Å²) in [7, 11) is 1.37. The number of nitrogens with zero attached hydrogens (tertiary/aromatic N) is 4. The molecule has 2 heterocycles. The number of fused-ring (bicyclic) bond motifs is 2. The minimum atomic E-state index is -2.13. The fourth-order valence-electron chi connectivity index (χ4n) is 7.17. The van der Waals surface area contributed by atoms with Crippen LogP contribution in [0.5, 0.6) is 11.5 Å². The van der Waals surface area contributed by atoms with Gasteiger partial charge in [0.15, 0.2) is 5.69 Å². The highest BCUT2D eigenvalue weighted by Crippen LogP contribution is 2.62. The molecule has 3 aliphatic rings. The Morgan fingerprint density at radius 3 is 2.49 bits per heavy atom. The van der Waals surface area contributed by atoms with E-state index in [0.29, 0.717) is 42.5 Å². The van der Waals surface area contributed by atoms with Gasteiger partial charge in [-0.3, -0.25) is 0 Å². The molecule has 6 unspecified atom stereocenters. The van der Waals surface area contributed by atoms with Gasteiger partial charge in [-0.05, 0) is 61.3 Å². The van der Waals surface area contributed by atoms with Crippen LogP contribution in [0, 0.1) is 17.8 Å². The zero-order valence-electron chi connectivity index (χ0n) is 23.7. The monoisotopic (exact) mass is 600 g/mol. The number of benzene rings is 1. The number of carboxylic acid groups (broad SMARTS) is 2. The normalized spacial score (nSPS) is 28.4. The third-order valence-electron chi connectivity index (χ3n) is 8.86. The van der Waals surface area contributed by atoms with Gasteiger partial charge < -0.3 is 40.2 Å². The van der Waals surface area contributed by atoms with Gasteiger partial charge in [-0.1, -0.05) is 29.3 Å². The Hall–Kier alpha value is -4.01. The van der Waals surface area contributed by atoms with Gasteiger partial charge in [-0.15, -0.1) is 5.10 Å². The fraction of sp³-hybridized carbons (Fsp3) is 0.552. The molecule has 14 heteroatoms. The molecule has 43 heavy (non-hydrogen) atoms. The summed E-state index contributed by atoms with van der Waals surface area (Å²) >= 11 is 0. The Bertz CT molecular complexity index is 1440. The van der Waals surface area contributed by atoms with Crippen LogP contribution in [0.1, 0.15) is 83.4 Å². The molecule has 6 atom stereocenters. The van der Waals surface area contributed by atoms with E-state index in [4.69, 9.17) is 9.57 Å². The first-order valence-corrected chi connectivity index (χ1v) is 14.4. The van der Waals surface area contributed by atoms with E-state index in [1.807, 2.05) is 6.08 Å². The smallest absolute Gasteiger partial charge is 0.359 e. The largest absolute Gasteiger partial charge is 0.508 e. The van der Waals surface area contributed by atoms with Crippen molar-refractivity contribution >= 4 is 17.7 Å². The lowest BCUT2D eigenvalue weighted by atomic mass is 9.55. The van der Waals surface area contributed by atoms with Gasteiger partial charge in [0.2, 0.25) is 11.5 Å². The SMILES string of the molecule is CON=C1CC(n2nnc(C(=O)O)c2C(=O)O)C2(O)Oc3ccc(O)cc3C3C(CCCCO)C(CCCCO)C=C1C32. The molecule has 1 saturated carbocycles. The zero-order valence-corrected chi connectivity index (χ0v) is 23.7. The van der Waals surface area contributed by atoms with Crippen LogP contribution >= 0.6 is 0 Å². The molecule has 0 saturated heterocycles. The number of hydrogen-bond donors (Lipinski definition) is 6. The predicted molar refractivity (Wildman–Crippen MR) is 149 cm³/mol. The molecule has 0 spiro atoms. The fourth-order valence-corrected chi connectivity index (χ4v) is 7.17. The number of aromatic carboxylic acids is 2. The lowest BCUT2D eigenvalue weighted by Gasteiger charge is -2.56. The molecule has 6 N–H and O–H groups in total. The summed E-state index contributed by atoms with van der Waals surface area (Å²) in [6.07, 6.45) is 5.92. The van der Waals surface area contributed by atoms with Gasteiger partial charge in [-0.25, -0.2) is 14.3 Å². The number of hydrogen-bond acceptors (Lipinski definition) is 11. The second-order valence-corrected chi connectivity index (χ2v) is 11.3. The van der Waals surface area contributed by atoms with E-state index in [9.17, 15) is 40.2 Å². The zero-order chi connectivity index (χ0) is 30.9. The number of aliphatic hydroxyl groups is 3. The number of carbonyl (C=O) groups is 2. The van der Waals surface area contributed by atoms with Gasteiger partial charge >= 0.3 is 11.9 Å². The second kappa shape index (κ2) is 12.3. The van der Waals surface area contributed by atoms with E-state index < -0.39 is 47.0 Å². The lowest BCUT2D eigenvalue weighted by Crippen LogP contribution is -2.62. The van der Waals surface area contributed by atoms with Crippen LogP contribution in [0.4, 0.5) is 0 Å². The highest BCUT2D eigenvalue weighted by Gasteiger charge is 2.63. The Kier molecular flexibility index (Phi) is 8.71. The number of ether oxygens (including phenoxy) is 1. The molecule has 1 fully saturated rings. The number of phenolic OH excluding ortho intramolecular Hbond substituents is 1. The number of carboxylic acids is 2. The Balaban J connectivity index is 1.75. The third-order valence-corrected chi connectivity index (χ3v) is 8.86. The molecule has 0 bridgehead atoms. The van der Waals surface area contributed by atoms with E-state index in [2.05, 4.69) is 15.5 Å². The highest BCUT2D eigenvalue weighted by molar-refractivity contribution is 6.03. The molecule has 5 rings (SSSR count). The van der Waals surface area contributed by atoms with Crippen LogP contribution in [0.15, 0.2) is 35.0 Å². The summed E-state index contributed by atoms with van der Waals surface area (Å²) in [4.78, 5) is 29.3. The molecule has 14 nitrogen and oxygen atoms in total. The molecule has 1 aliphatic heterocycles. The molecule has 232 valence electrons. The first kappa shape index (κ1) is 30.4. The molecule has 1 aromatic heterocycles. The number of oxime groups is 1. The van der Waals surface area contributed by atoms with Gasteiger partial charge in [0.25, 0.3) is 0 Å². The van der Waals surface area contributed by atoms with Crippen LogP contribution in [-0.2, 0) is 4.84 Å². The first-order valence-electron chi connectivity index (χ1n) is 14.4. The quantitative estimate of drug-likeness (QED) is 0.153. The molecule has 0 amide bonds. The maximum Gasteiger partial charge on any atom is 0.359 e. The summed E-state index contributed by atoms with van der Waals surface area (Å²) in [6.45, 7) is 0.0689. The summed E-state index contributed by atoms with van der Waals surface area (Å²) < 4.78 is 7.21. The number of aromatic nitrogens is 3. The molecule has 1 aromatic carbocycles. The minimum Gasteiger partial charge on any atom is -0.508 e. The Morgan fingerprint density at radius 1 is 1.12 bits per heavy atom. The van der Waals surface area contributed by atoms with Crippen molar-refractivity contribution in [1.82, 2.24) is 15.0 Å². The van der Waals surface area contributed by atoms with Crippen molar-refractivity contribution in [3.05, 3.63) is 46.8 Å². The van der Waals surface area contributed by atoms with Crippen LogP contribution in [0.25, 0.3) is 0 Å². The van der Waals surface area contributed by atoms with E-state index in [-0.39, 0.29) is 43.0 Å². The number of allylic oxidation sites excluding steroid dienone is 1. The summed E-state index contributed by atoms with van der Waals surface area (Å²) in [5.74, 6) is -6.47. The number of rotatable bonds is 12. The average Bonchev–Trinajstić information content (AvgIpc) is 3.41. The van der Waals surface area contributed by atoms with Gasteiger partial charge in [0, 0.05) is 31.1 Å². The third kappa shape index (κ3) is 5.34. The summed E-state index contributed by atoms with van der Waals surface area (Å²) in [6, 6.07) is 3.30. The highest BCUT2D eigenvalue weighted by atomic mass is 16.6. The van der Waals surface area contributed by atoms with Crippen molar-refractivity contribution in [3.63, 3.8) is 0 Å². The van der Waals surface area contributed by atoms with Crippen LogP contribution in [-0.4, -0.2) is 89.4 Å². The second-order valence-electron chi connectivity index (χ2n) is 11.3. The van der Waals surface area contributed by atoms with Crippen molar-refractivity contribution in [2.24, 2.45) is 22.9 Å². The summed E-state index contributed by atoms with van der Waals surface area (Å²) in [5.41, 5.74) is 0.201. The molecule has 0 radical (unpaired) electrons. The van der Waals surface area contributed by atoms with Gasteiger partial charge in [0.1, 0.15) is 24.7 Å². The molecular weight excluding hydrogens is 564 g/mol. The molecule has 2 aliphatic carbocycles. The maximum atomic E-state index is 12.6. The predicted octanol–water partition coefficient (Wildman–Crippen LogP) is 2.31. The minimum absolute atomic E-state index is 0.00325. The summed E-state index contributed by atoms with van der Waals surface area (Å²) in [5, 5.41) is 73.5. The molecule has 2 aromatic rings. The molecular formula is C29H36N4O10. The number of unbranched alkanes of at least 4 members (excludes halogenated alkanes) is 2. The maximum absolute atomic E-state index is 12.6. The topological polar surface area (TPSA) is 217 Å². The van der Waals surface area contributed by atoms with Gasteiger partial charge in [0.05, 0.1) is 11.6 Å². The van der Waals surface area contributed by atoms with Crippen molar-refractivity contribution in [1.29, 1.82) is 0 Å². The number of aromatic hydroxyl groups is 1. The average molecular weight is 601 g/mol. The van der Waals surface area contributed by atoms with E-state index in [0.717, 1.165) is 17.5 Å². The van der Waals surface area contributed by atoms with E-state index >= 15 is 0 Å². The number of phenols is 1. The van der Waals surface area contributed by atoms with Crippen molar-refractivity contribution in [2.45, 2.75) is 62.7 Å². The van der Waals surface area contributed by atoms with Crippen LogP contribution in [0.3, 0.4) is 0 Å². The number of aliphatic hydroxyl groups excluding tert-OH is 2. The van der Waals surface area contributed by atoms with Gasteiger partial charge in [-0.2, -0.15) is 0 Å².